The second-order valence-corrected chi connectivity index (χ2v) is 4.22. The van der Waals surface area contributed by atoms with E-state index in [9.17, 15) is 0 Å². The third kappa shape index (κ3) is 1.97. The molecule has 0 fully saturated rings. The van der Waals surface area contributed by atoms with E-state index < -0.39 is 0 Å². The molecule has 2 heteroatoms. The number of ether oxygens (including phenoxy) is 2. The van der Waals surface area contributed by atoms with Gasteiger partial charge in [-0.15, -0.1) is 0 Å². The minimum Gasteiger partial charge on any atom is -0.497 e. The maximum Gasteiger partial charge on any atom is 0.127 e. The van der Waals surface area contributed by atoms with Gasteiger partial charge in [0.15, 0.2) is 0 Å². The van der Waals surface area contributed by atoms with Crippen LogP contribution in [0.15, 0.2) is 48.5 Å². The molecule has 0 unspecified atom stereocenters. The predicted molar refractivity (Wildman–Crippen MR) is 72.1 cm³/mol. The van der Waals surface area contributed by atoms with Crippen LogP contribution in [0.1, 0.15) is 16.7 Å². The van der Waals surface area contributed by atoms with E-state index in [1.807, 2.05) is 36.4 Å². The second kappa shape index (κ2) is 4.57. The van der Waals surface area contributed by atoms with Crippen LogP contribution in [0.4, 0.5) is 0 Å². The van der Waals surface area contributed by atoms with Gasteiger partial charge in [0, 0.05) is 5.56 Å². The van der Waals surface area contributed by atoms with Crippen molar-refractivity contribution in [1.82, 2.24) is 0 Å². The molecule has 0 saturated heterocycles. The average molecular weight is 238 g/mol. The van der Waals surface area contributed by atoms with Gasteiger partial charge < -0.3 is 9.47 Å². The summed E-state index contributed by atoms with van der Waals surface area (Å²) in [6.07, 6.45) is 2.08. The van der Waals surface area contributed by atoms with Gasteiger partial charge in [-0.2, -0.15) is 0 Å². The van der Waals surface area contributed by atoms with Crippen LogP contribution in [0.25, 0.3) is 11.8 Å². The number of fused-ring (bicyclic) bond motifs is 1. The van der Waals surface area contributed by atoms with Crippen molar-refractivity contribution in [2.24, 2.45) is 0 Å². The fourth-order valence-corrected chi connectivity index (χ4v) is 2.07. The fraction of sp³-hybridized carbons (Fsp3) is 0.125. The predicted octanol–water partition coefficient (Wildman–Crippen LogP) is 3.72. The molecule has 0 amide bonds. The third-order valence-corrected chi connectivity index (χ3v) is 3.10. The van der Waals surface area contributed by atoms with Crippen molar-refractivity contribution in [2.75, 3.05) is 7.11 Å². The van der Waals surface area contributed by atoms with E-state index in [1.54, 1.807) is 7.11 Å². The molecule has 0 spiro atoms. The molecule has 90 valence electrons. The van der Waals surface area contributed by atoms with Crippen molar-refractivity contribution in [2.45, 2.75) is 6.61 Å². The van der Waals surface area contributed by atoms with E-state index in [-0.39, 0.29) is 0 Å². The molecule has 0 saturated carbocycles. The highest BCUT2D eigenvalue weighted by atomic mass is 16.5. The molecular weight excluding hydrogens is 224 g/mol. The third-order valence-electron chi connectivity index (χ3n) is 3.10. The summed E-state index contributed by atoms with van der Waals surface area (Å²) >= 11 is 0. The Bertz CT molecular complexity index is 582. The van der Waals surface area contributed by atoms with Gasteiger partial charge in [-0.1, -0.05) is 24.3 Å². The summed E-state index contributed by atoms with van der Waals surface area (Å²) in [6, 6.07) is 16.2. The molecule has 2 aromatic carbocycles. The monoisotopic (exact) mass is 238 g/mol. The highest BCUT2D eigenvalue weighted by molar-refractivity contribution is 5.79. The van der Waals surface area contributed by atoms with Crippen LogP contribution in [0.5, 0.6) is 5.75 Å². The molecule has 1 aliphatic rings. The highest BCUT2D eigenvalue weighted by Gasteiger charge is 2.12. The van der Waals surface area contributed by atoms with Gasteiger partial charge in [0.1, 0.15) is 18.1 Å². The number of methoxy groups -OCH3 is 1. The van der Waals surface area contributed by atoms with Crippen LogP contribution in [0, 0.1) is 0 Å². The topological polar surface area (TPSA) is 18.5 Å². The lowest BCUT2D eigenvalue weighted by Gasteiger charge is -2.18. The summed E-state index contributed by atoms with van der Waals surface area (Å²) in [7, 11) is 1.67. The molecule has 0 aliphatic carbocycles. The molecule has 0 radical (unpaired) electrons. The van der Waals surface area contributed by atoms with E-state index in [2.05, 4.69) is 18.2 Å². The molecule has 0 atom stereocenters. The van der Waals surface area contributed by atoms with E-state index in [4.69, 9.17) is 9.47 Å². The Labute approximate surface area is 106 Å². The molecular formula is C16H14O2. The maximum absolute atomic E-state index is 5.78. The molecule has 2 aromatic rings. The molecule has 1 aliphatic heterocycles. The van der Waals surface area contributed by atoms with Crippen molar-refractivity contribution < 1.29 is 9.47 Å². The van der Waals surface area contributed by atoms with Gasteiger partial charge in [-0.25, -0.2) is 0 Å². The standard InChI is InChI=1S/C16H14O2/c1-17-15-8-6-12(7-9-15)16-10-13-4-2-3-5-14(13)11-18-16/h2-10H,11H2,1H3. The number of benzene rings is 2. The molecule has 1 heterocycles. The quantitative estimate of drug-likeness (QED) is 0.793. The molecule has 3 rings (SSSR count). The lowest BCUT2D eigenvalue weighted by molar-refractivity contribution is 0.262. The summed E-state index contributed by atoms with van der Waals surface area (Å²) in [4.78, 5) is 0. The first-order chi connectivity index (χ1) is 8.86. The molecule has 0 N–H and O–H groups in total. The Hall–Kier alpha value is -2.22. The first-order valence-electron chi connectivity index (χ1n) is 5.93. The van der Waals surface area contributed by atoms with Crippen LogP contribution in [0.2, 0.25) is 0 Å². The molecule has 18 heavy (non-hydrogen) atoms. The Kier molecular flexibility index (Phi) is 2.77. The van der Waals surface area contributed by atoms with Crippen LogP contribution in [-0.2, 0) is 11.3 Å². The van der Waals surface area contributed by atoms with Gasteiger partial charge in [-0.3, -0.25) is 0 Å². The van der Waals surface area contributed by atoms with Crippen molar-refractivity contribution in [3.8, 4) is 5.75 Å². The Morgan fingerprint density at radius 2 is 1.78 bits per heavy atom. The lowest BCUT2D eigenvalue weighted by Crippen LogP contribution is -2.01. The Morgan fingerprint density at radius 3 is 2.56 bits per heavy atom. The van der Waals surface area contributed by atoms with E-state index in [0.29, 0.717) is 6.61 Å². The van der Waals surface area contributed by atoms with Crippen molar-refractivity contribution in [3.05, 3.63) is 65.2 Å². The van der Waals surface area contributed by atoms with Gasteiger partial charge in [-0.05, 0) is 41.5 Å². The number of rotatable bonds is 2. The SMILES string of the molecule is COc1ccc(C2=Cc3ccccc3CO2)cc1. The summed E-state index contributed by atoms with van der Waals surface area (Å²) in [5.74, 6) is 1.77. The molecule has 0 bridgehead atoms. The summed E-state index contributed by atoms with van der Waals surface area (Å²) in [5, 5.41) is 0. The Balaban J connectivity index is 1.96. The van der Waals surface area contributed by atoms with Gasteiger partial charge >= 0.3 is 0 Å². The second-order valence-electron chi connectivity index (χ2n) is 4.22. The first-order valence-corrected chi connectivity index (χ1v) is 5.93. The zero-order valence-electron chi connectivity index (χ0n) is 10.2. The summed E-state index contributed by atoms with van der Waals surface area (Å²) in [5.41, 5.74) is 3.54. The van der Waals surface area contributed by atoms with Crippen molar-refractivity contribution in [3.63, 3.8) is 0 Å². The fourth-order valence-electron chi connectivity index (χ4n) is 2.07. The van der Waals surface area contributed by atoms with Crippen molar-refractivity contribution in [1.29, 1.82) is 0 Å². The van der Waals surface area contributed by atoms with Crippen LogP contribution in [0.3, 0.4) is 0 Å². The Morgan fingerprint density at radius 1 is 1.00 bits per heavy atom. The highest BCUT2D eigenvalue weighted by Crippen LogP contribution is 2.28. The van der Waals surface area contributed by atoms with Crippen LogP contribution in [-0.4, -0.2) is 7.11 Å². The van der Waals surface area contributed by atoms with E-state index in [0.717, 1.165) is 17.1 Å². The van der Waals surface area contributed by atoms with E-state index >= 15 is 0 Å². The van der Waals surface area contributed by atoms with Gasteiger partial charge in [0.2, 0.25) is 0 Å². The zero-order valence-corrected chi connectivity index (χ0v) is 10.2. The normalized spacial score (nSPS) is 13.3. The zero-order chi connectivity index (χ0) is 12.4. The van der Waals surface area contributed by atoms with Crippen LogP contribution < -0.4 is 4.74 Å². The summed E-state index contributed by atoms with van der Waals surface area (Å²) in [6.45, 7) is 0.633. The minimum atomic E-state index is 0.633. The van der Waals surface area contributed by atoms with Crippen LogP contribution >= 0.6 is 0 Å². The number of hydrogen-bond acceptors (Lipinski definition) is 2. The minimum absolute atomic E-state index is 0.633. The lowest BCUT2D eigenvalue weighted by atomic mass is 10.0. The number of hydrogen-bond donors (Lipinski definition) is 0. The first kappa shape index (κ1) is 10.9. The maximum atomic E-state index is 5.78. The molecule has 0 aromatic heterocycles. The smallest absolute Gasteiger partial charge is 0.127 e. The van der Waals surface area contributed by atoms with Gasteiger partial charge in [0.25, 0.3) is 0 Å². The van der Waals surface area contributed by atoms with E-state index in [1.165, 1.54) is 11.1 Å². The van der Waals surface area contributed by atoms with Crippen molar-refractivity contribution >= 4 is 11.8 Å². The molecule has 2 nitrogen and oxygen atoms in total. The summed E-state index contributed by atoms with van der Waals surface area (Å²) < 4.78 is 10.9. The van der Waals surface area contributed by atoms with Gasteiger partial charge in [0.05, 0.1) is 7.11 Å². The largest absolute Gasteiger partial charge is 0.497 e. The average Bonchev–Trinajstić information content (AvgIpc) is 2.47.